The predicted molar refractivity (Wildman–Crippen MR) is 70.2 cm³/mol. The highest BCUT2D eigenvalue weighted by Gasteiger charge is 2.20. The first-order valence-electron chi connectivity index (χ1n) is 6.18. The molecule has 1 aromatic heterocycles. The van der Waals surface area contributed by atoms with Crippen molar-refractivity contribution in [1.82, 2.24) is 14.9 Å². The van der Waals surface area contributed by atoms with E-state index >= 15 is 0 Å². The van der Waals surface area contributed by atoms with Crippen LogP contribution in [0.25, 0.3) is 11.0 Å². The lowest BCUT2D eigenvalue weighted by molar-refractivity contribution is 0.321. The van der Waals surface area contributed by atoms with Crippen molar-refractivity contribution in [2.75, 3.05) is 13.1 Å². The summed E-state index contributed by atoms with van der Waals surface area (Å²) in [6.07, 6.45) is 0.992. The molecule has 1 aliphatic heterocycles. The van der Waals surface area contributed by atoms with Gasteiger partial charge >= 0.3 is 0 Å². The van der Waals surface area contributed by atoms with E-state index in [-0.39, 0.29) is 11.6 Å². The minimum atomic E-state index is -0.103. The Balaban J connectivity index is 1.92. The van der Waals surface area contributed by atoms with E-state index < -0.39 is 0 Å². The molecule has 2 heterocycles. The highest BCUT2D eigenvalue weighted by molar-refractivity contribution is 5.73. The minimum Gasteiger partial charge on any atom is -0.326 e. The Morgan fingerprint density at radius 3 is 3.06 bits per heavy atom. The zero-order valence-corrected chi connectivity index (χ0v) is 10.1. The van der Waals surface area contributed by atoms with Crippen molar-refractivity contribution >= 4 is 11.0 Å². The van der Waals surface area contributed by atoms with Gasteiger partial charge in [-0.3, -0.25) is 9.69 Å². The normalized spacial score (nSPS) is 20.6. The summed E-state index contributed by atoms with van der Waals surface area (Å²) in [6.45, 7) is 2.36. The maximum absolute atomic E-state index is 11.9. The molecule has 1 saturated heterocycles. The number of likely N-dealkylation sites (tertiary alicyclic amines) is 1. The van der Waals surface area contributed by atoms with Crippen LogP contribution in [0.1, 0.15) is 12.1 Å². The summed E-state index contributed by atoms with van der Waals surface area (Å²) in [5.74, 6) is 0. The molecule has 1 atom stereocenters. The summed E-state index contributed by atoms with van der Waals surface area (Å²) in [4.78, 5) is 21.4. The molecule has 5 nitrogen and oxygen atoms in total. The number of nitrogens with two attached hydrogens (primary N) is 1. The van der Waals surface area contributed by atoms with Crippen LogP contribution in [0.5, 0.6) is 0 Å². The molecule has 1 aliphatic rings. The maximum Gasteiger partial charge on any atom is 0.271 e. The zero-order chi connectivity index (χ0) is 12.5. The third-order valence-corrected chi connectivity index (χ3v) is 3.35. The van der Waals surface area contributed by atoms with E-state index in [0.29, 0.717) is 12.2 Å². The monoisotopic (exact) mass is 244 g/mol. The summed E-state index contributed by atoms with van der Waals surface area (Å²) in [7, 11) is 0. The predicted octanol–water partition coefficient (Wildman–Crippen LogP) is 0.456. The van der Waals surface area contributed by atoms with Crippen LogP contribution < -0.4 is 11.3 Å². The van der Waals surface area contributed by atoms with Gasteiger partial charge in [0.15, 0.2) is 0 Å². The van der Waals surface area contributed by atoms with Crippen LogP contribution in [0.3, 0.4) is 0 Å². The highest BCUT2D eigenvalue weighted by Crippen LogP contribution is 2.11. The number of rotatable bonds is 2. The standard InChI is InChI=1S/C13H16N4O/c14-9-5-6-17(7-9)8-12-13(18)16-11-4-2-1-3-10(11)15-12/h1-4,9H,5-8,14H2,(H,16,18). The van der Waals surface area contributed by atoms with Crippen molar-refractivity contribution in [3.8, 4) is 0 Å². The van der Waals surface area contributed by atoms with Gasteiger partial charge in [0, 0.05) is 25.7 Å². The number of nitrogens with one attached hydrogen (secondary N) is 1. The van der Waals surface area contributed by atoms with Crippen molar-refractivity contribution in [3.63, 3.8) is 0 Å². The average molecular weight is 244 g/mol. The smallest absolute Gasteiger partial charge is 0.271 e. The van der Waals surface area contributed by atoms with E-state index in [0.717, 1.165) is 30.5 Å². The molecular formula is C13H16N4O. The van der Waals surface area contributed by atoms with E-state index in [9.17, 15) is 4.79 Å². The van der Waals surface area contributed by atoms with Crippen molar-refractivity contribution in [3.05, 3.63) is 40.3 Å². The molecule has 0 spiro atoms. The largest absolute Gasteiger partial charge is 0.326 e. The SMILES string of the molecule is NC1CCN(Cc2nc3ccccc3[nH]c2=O)C1. The summed E-state index contributed by atoms with van der Waals surface area (Å²) in [6, 6.07) is 7.80. The van der Waals surface area contributed by atoms with E-state index in [1.807, 2.05) is 24.3 Å². The van der Waals surface area contributed by atoms with Crippen LogP contribution in [0.2, 0.25) is 0 Å². The number of fused-ring (bicyclic) bond motifs is 1. The molecule has 3 rings (SSSR count). The molecule has 1 aromatic carbocycles. The number of benzene rings is 1. The summed E-state index contributed by atoms with van der Waals surface area (Å²) < 4.78 is 0. The molecule has 3 N–H and O–H groups in total. The van der Waals surface area contributed by atoms with E-state index in [2.05, 4.69) is 14.9 Å². The van der Waals surface area contributed by atoms with Crippen molar-refractivity contribution in [2.24, 2.45) is 5.73 Å². The average Bonchev–Trinajstić information content (AvgIpc) is 2.76. The van der Waals surface area contributed by atoms with Gasteiger partial charge in [-0.25, -0.2) is 4.98 Å². The highest BCUT2D eigenvalue weighted by atomic mass is 16.1. The zero-order valence-electron chi connectivity index (χ0n) is 10.1. The fraction of sp³-hybridized carbons (Fsp3) is 0.385. The lowest BCUT2D eigenvalue weighted by atomic mass is 10.3. The first-order valence-corrected chi connectivity index (χ1v) is 6.18. The van der Waals surface area contributed by atoms with Gasteiger partial charge < -0.3 is 10.7 Å². The van der Waals surface area contributed by atoms with E-state index in [4.69, 9.17) is 5.73 Å². The Kier molecular flexibility index (Phi) is 2.85. The minimum absolute atomic E-state index is 0.103. The van der Waals surface area contributed by atoms with Gasteiger partial charge in [-0.15, -0.1) is 0 Å². The van der Waals surface area contributed by atoms with E-state index in [1.165, 1.54) is 0 Å². The molecule has 0 bridgehead atoms. The van der Waals surface area contributed by atoms with Gasteiger partial charge in [0.25, 0.3) is 5.56 Å². The lowest BCUT2D eigenvalue weighted by Gasteiger charge is -2.13. The fourth-order valence-electron chi connectivity index (χ4n) is 2.39. The molecule has 0 aliphatic carbocycles. The molecule has 0 radical (unpaired) electrons. The Bertz CT molecular complexity index is 622. The van der Waals surface area contributed by atoms with Crippen LogP contribution in [0.15, 0.2) is 29.1 Å². The first-order chi connectivity index (χ1) is 8.72. The second-order valence-electron chi connectivity index (χ2n) is 4.81. The molecule has 18 heavy (non-hydrogen) atoms. The number of hydrogen-bond donors (Lipinski definition) is 2. The van der Waals surface area contributed by atoms with Gasteiger partial charge in [0.2, 0.25) is 0 Å². The van der Waals surface area contributed by atoms with Crippen LogP contribution in [-0.4, -0.2) is 34.0 Å². The molecule has 0 saturated carbocycles. The molecule has 0 amide bonds. The van der Waals surface area contributed by atoms with Crippen molar-refractivity contribution < 1.29 is 0 Å². The summed E-state index contributed by atoms with van der Waals surface area (Å²) in [5.41, 5.74) is 7.94. The number of aromatic amines is 1. The number of aromatic nitrogens is 2. The molecule has 5 heteroatoms. The van der Waals surface area contributed by atoms with Crippen LogP contribution in [-0.2, 0) is 6.54 Å². The Morgan fingerprint density at radius 1 is 1.44 bits per heavy atom. The molecule has 2 aromatic rings. The quantitative estimate of drug-likeness (QED) is 0.804. The molecule has 1 fully saturated rings. The molecule has 94 valence electrons. The van der Waals surface area contributed by atoms with Gasteiger partial charge in [0.05, 0.1) is 11.0 Å². The fourth-order valence-corrected chi connectivity index (χ4v) is 2.39. The van der Waals surface area contributed by atoms with Gasteiger partial charge in [-0.2, -0.15) is 0 Å². The number of H-pyrrole nitrogens is 1. The van der Waals surface area contributed by atoms with Crippen molar-refractivity contribution in [2.45, 2.75) is 19.0 Å². The van der Waals surface area contributed by atoms with E-state index in [1.54, 1.807) is 0 Å². The van der Waals surface area contributed by atoms with Gasteiger partial charge in [-0.1, -0.05) is 12.1 Å². The maximum atomic E-state index is 11.9. The Labute approximate surface area is 105 Å². The van der Waals surface area contributed by atoms with Gasteiger partial charge in [-0.05, 0) is 18.6 Å². The topological polar surface area (TPSA) is 75.0 Å². The van der Waals surface area contributed by atoms with Crippen LogP contribution in [0.4, 0.5) is 0 Å². The number of para-hydroxylation sites is 2. The number of nitrogens with zero attached hydrogens (tertiary/aromatic N) is 2. The summed E-state index contributed by atoms with van der Waals surface area (Å²) in [5, 5.41) is 0. The second kappa shape index (κ2) is 4.51. The molecular weight excluding hydrogens is 228 g/mol. The van der Waals surface area contributed by atoms with Crippen LogP contribution in [0, 0.1) is 0 Å². The number of hydrogen-bond acceptors (Lipinski definition) is 4. The first kappa shape index (κ1) is 11.4. The second-order valence-corrected chi connectivity index (χ2v) is 4.81. The molecule has 1 unspecified atom stereocenters. The third kappa shape index (κ3) is 2.14. The lowest BCUT2D eigenvalue weighted by Crippen LogP contribution is -2.29. The van der Waals surface area contributed by atoms with Crippen LogP contribution >= 0.6 is 0 Å². The summed E-state index contributed by atoms with van der Waals surface area (Å²) >= 11 is 0. The Hall–Kier alpha value is -1.72. The van der Waals surface area contributed by atoms with Gasteiger partial charge in [0.1, 0.15) is 5.69 Å². The van der Waals surface area contributed by atoms with Crippen molar-refractivity contribution in [1.29, 1.82) is 0 Å². The Morgan fingerprint density at radius 2 is 2.28 bits per heavy atom. The third-order valence-electron chi connectivity index (χ3n) is 3.35.